The monoisotopic (exact) mass is 156 g/mol. The number of carbonyl (C=O) groups excluding carboxylic acids is 1. The molecular weight excluding hydrogens is 140 g/mol. The van der Waals surface area contributed by atoms with Crippen LogP contribution in [-0.2, 0) is 4.79 Å². The Morgan fingerprint density at radius 3 is 2.27 bits per heavy atom. The molecule has 0 spiro atoms. The minimum absolute atomic E-state index is 0.292. The van der Waals surface area contributed by atoms with Crippen molar-refractivity contribution in [1.82, 2.24) is 4.90 Å². The van der Waals surface area contributed by atoms with Gasteiger partial charge in [-0.1, -0.05) is 6.58 Å². The van der Waals surface area contributed by atoms with Crippen LogP contribution in [0.1, 0.15) is 19.8 Å². The van der Waals surface area contributed by atoms with Gasteiger partial charge in [-0.3, -0.25) is 4.79 Å². The van der Waals surface area contributed by atoms with Gasteiger partial charge in [0.1, 0.15) is 0 Å². The van der Waals surface area contributed by atoms with E-state index in [0.717, 1.165) is 19.4 Å². The van der Waals surface area contributed by atoms with Crippen molar-refractivity contribution >= 4 is 5.91 Å². The molecule has 1 fully saturated rings. The van der Waals surface area contributed by atoms with Crippen molar-refractivity contribution < 1.29 is 4.79 Å². The molecule has 2 N–H and O–H groups in total. The number of likely N-dealkylation sites (tertiary alicyclic amines) is 1. The smallest absolute Gasteiger partial charge is 0.222 e. The average Bonchev–Trinajstić information content (AvgIpc) is 2.15. The van der Waals surface area contributed by atoms with Gasteiger partial charge in [-0.2, -0.15) is 0 Å². The zero-order valence-corrected chi connectivity index (χ0v) is 7.26. The second-order valence-electron chi connectivity index (χ2n) is 2.77. The third-order valence-electron chi connectivity index (χ3n) is 1.31. The first-order chi connectivity index (χ1) is 5.04. The molecule has 1 aliphatic rings. The largest absolute Gasteiger partial charge is 0.403 e. The van der Waals surface area contributed by atoms with Gasteiger partial charge in [0.25, 0.3) is 0 Å². The van der Waals surface area contributed by atoms with E-state index in [4.69, 9.17) is 5.73 Å². The lowest BCUT2D eigenvalue weighted by Gasteiger charge is -2.03. The average molecular weight is 156 g/mol. The Morgan fingerprint density at radius 2 is 2.18 bits per heavy atom. The molecule has 0 atom stereocenters. The predicted molar refractivity (Wildman–Crippen MR) is 45.9 cm³/mol. The number of hydrogen-bond donors (Lipinski definition) is 1. The summed E-state index contributed by atoms with van der Waals surface area (Å²) in [6, 6.07) is 0. The third kappa shape index (κ3) is 5.45. The number of hydrogen-bond acceptors (Lipinski definition) is 2. The molecule has 0 bridgehead atoms. The zero-order valence-electron chi connectivity index (χ0n) is 7.26. The number of nitrogens with two attached hydrogens (primary N) is 1. The van der Waals surface area contributed by atoms with E-state index in [0.29, 0.717) is 11.6 Å². The summed E-state index contributed by atoms with van der Waals surface area (Å²) in [5, 5.41) is 0. The highest BCUT2D eigenvalue weighted by Crippen LogP contribution is 2.04. The molecule has 0 aromatic rings. The molecule has 1 amide bonds. The fourth-order valence-corrected chi connectivity index (χ4v) is 0.783. The molecule has 0 aliphatic carbocycles. The number of carbonyl (C=O) groups is 1. The van der Waals surface area contributed by atoms with Gasteiger partial charge in [-0.05, 0) is 19.0 Å². The molecular formula is C8H16N2O. The molecule has 0 saturated carbocycles. The van der Waals surface area contributed by atoms with Gasteiger partial charge in [0, 0.05) is 20.0 Å². The van der Waals surface area contributed by atoms with E-state index in [1.807, 2.05) is 7.05 Å². The third-order valence-corrected chi connectivity index (χ3v) is 1.31. The molecule has 0 aromatic carbocycles. The lowest BCUT2D eigenvalue weighted by atomic mass is 10.4. The van der Waals surface area contributed by atoms with Gasteiger partial charge >= 0.3 is 0 Å². The lowest BCUT2D eigenvalue weighted by molar-refractivity contribution is -0.126. The van der Waals surface area contributed by atoms with E-state index < -0.39 is 0 Å². The highest BCUT2D eigenvalue weighted by Gasteiger charge is 2.14. The molecule has 1 aliphatic heterocycles. The van der Waals surface area contributed by atoms with Crippen LogP contribution >= 0.6 is 0 Å². The molecule has 0 unspecified atom stereocenters. The summed E-state index contributed by atoms with van der Waals surface area (Å²) in [5.41, 5.74) is 5.58. The number of amides is 1. The van der Waals surface area contributed by atoms with Crippen LogP contribution < -0.4 is 5.73 Å². The fraction of sp³-hybridized carbons (Fsp3) is 0.625. The summed E-state index contributed by atoms with van der Waals surface area (Å²) in [5.74, 6) is 0.292. The minimum Gasteiger partial charge on any atom is -0.403 e. The SMILES string of the molecule is C=C(C)N.CN1CCCC1=O. The maximum absolute atomic E-state index is 10.5. The van der Waals surface area contributed by atoms with E-state index >= 15 is 0 Å². The van der Waals surface area contributed by atoms with Crippen LogP contribution in [0.15, 0.2) is 12.3 Å². The lowest BCUT2D eigenvalue weighted by Crippen LogP contribution is -2.17. The summed E-state index contributed by atoms with van der Waals surface area (Å²) in [6.45, 7) is 6.04. The van der Waals surface area contributed by atoms with Gasteiger partial charge in [-0.15, -0.1) is 0 Å². The van der Waals surface area contributed by atoms with Crippen molar-refractivity contribution in [1.29, 1.82) is 0 Å². The molecule has 64 valence electrons. The van der Waals surface area contributed by atoms with Gasteiger partial charge in [0.05, 0.1) is 0 Å². The number of nitrogens with zero attached hydrogens (tertiary/aromatic N) is 1. The van der Waals surface area contributed by atoms with Gasteiger partial charge in [0.15, 0.2) is 0 Å². The fourth-order valence-electron chi connectivity index (χ4n) is 0.783. The van der Waals surface area contributed by atoms with Crippen LogP contribution in [0.25, 0.3) is 0 Å². The van der Waals surface area contributed by atoms with Crippen molar-refractivity contribution in [2.24, 2.45) is 5.73 Å². The van der Waals surface area contributed by atoms with Crippen LogP contribution in [0.2, 0.25) is 0 Å². The summed E-state index contributed by atoms with van der Waals surface area (Å²) in [7, 11) is 1.84. The first-order valence-electron chi connectivity index (χ1n) is 3.69. The normalized spacial score (nSPS) is 15.8. The summed E-state index contributed by atoms with van der Waals surface area (Å²) in [4.78, 5) is 12.3. The minimum atomic E-state index is 0.292. The molecule has 0 aromatic heterocycles. The highest BCUT2D eigenvalue weighted by atomic mass is 16.2. The summed E-state index contributed by atoms with van der Waals surface area (Å²) < 4.78 is 0. The van der Waals surface area contributed by atoms with Gasteiger partial charge in [-0.25, -0.2) is 0 Å². The topological polar surface area (TPSA) is 46.3 Å². The Balaban J connectivity index is 0.000000218. The molecule has 3 heteroatoms. The maximum Gasteiger partial charge on any atom is 0.222 e. The van der Waals surface area contributed by atoms with Crippen LogP contribution in [0.5, 0.6) is 0 Å². The van der Waals surface area contributed by atoms with Crippen molar-refractivity contribution in [3.8, 4) is 0 Å². The van der Waals surface area contributed by atoms with E-state index in [9.17, 15) is 4.79 Å². The quantitative estimate of drug-likeness (QED) is 0.561. The molecule has 0 radical (unpaired) electrons. The first-order valence-corrected chi connectivity index (χ1v) is 3.69. The maximum atomic E-state index is 10.5. The second-order valence-corrected chi connectivity index (χ2v) is 2.77. The molecule has 1 saturated heterocycles. The Hall–Kier alpha value is -0.990. The molecule has 11 heavy (non-hydrogen) atoms. The number of allylic oxidation sites excluding steroid dienone is 1. The van der Waals surface area contributed by atoms with Crippen LogP contribution in [0.4, 0.5) is 0 Å². The van der Waals surface area contributed by atoms with Crippen molar-refractivity contribution in [3.63, 3.8) is 0 Å². The predicted octanol–water partition coefficient (Wildman–Crippen LogP) is 0.717. The highest BCUT2D eigenvalue weighted by molar-refractivity contribution is 5.77. The Bertz CT molecular complexity index is 150. The van der Waals surface area contributed by atoms with Crippen LogP contribution in [0.3, 0.4) is 0 Å². The summed E-state index contributed by atoms with van der Waals surface area (Å²) in [6.07, 6.45) is 1.81. The summed E-state index contributed by atoms with van der Waals surface area (Å²) >= 11 is 0. The Kier molecular flexibility index (Phi) is 4.34. The molecule has 1 rings (SSSR count). The van der Waals surface area contributed by atoms with Gasteiger partial charge < -0.3 is 10.6 Å². The van der Waals surface area contributed by atoms with E-state index in [-0.39, 0.29) is 0 Å². The van der Waals surface area contributed by atoms with Crippen LogP contribution in [-0.4, -0.2) is 24.4 Å². The molecule has 3 nitrogen and oxygen atoms in total. The first kappa shape index (κ1) is 10.0. The molecule has 1 heterocycles. The van der Waals surface area contributed by atoms with Crippen LogP contribution in [0, 0.1) is 0 Å². The standard InChI is InChI=1S/C5H9NO.C3H7N/c1-6-4-2-3-5(6)7;1-3(2)4/h2-4H2,1H3;1,4H2,2H3. The second kappa shape index (κ2) is 4.77. The zero-order chi connectivity index (χ0) is 8.85. The van der Waals surface area contributed by atoms with E-state index in [1.54, 1.807) is 11.8 Å². The van der Waals surface area contributed by atoms with Crippen molar-refractivity contribution in [3.05, 3.63) is 12.3 Å². The van der Waals surface area contributed by atoms with E-state index in [2.05, 4.69) is 6.58 Å². The van der Waals surface area contributed by atoms with Crippen molar-refractivity contribution in [2.75, 3.05) is 13.6 Å². The number of rotatable bonds is 0. The van der Waals surface area contributed by atoms with Gasteiger partial charge in [0.2, 0.25) is 5.91 Å². The Labute approximate surface area is 67.9 Å². The van der Waals surface area contributed by atoms with Crippen molar-refractivity contribution in [2.45, 2.75) is 19.8 Å². The van der Waals surface area contributed by atoms with E-state index in [1.165, 1.54) is 0 Å². The Morgan fingerprint density at radius 1 is 1.73 bits per heavy atom.